The molecule has 42 heavy (non-hydrogen) atoms. The molecule has 2 aromatic carbocycles. The Hall–Kier alpha value is -2.56. The topological polar surface area (TPSA) is 114 Å². The number of aryl methyl sites for hydroxylation is 3. The number of benzene rings is 2. The highest BCUT2D eigenvalue weighted by molar-refractivity contribution is 7.90. The molecule has 2 aromatic rings. The first-order chi connectivity index (χ1) is 19.9. The number of aromatic hydroxyl groups is 1. The fourth-order valence-electron chi connectivity index (χ4n) is 7.74. The van der Waals surface area contributed by atoms with Crippen molar-refractivity contribution in [2.45, 2.75) is 115 Å². The molecule has 4 aliphatic rings. The van der Waals surface area contributed by atoms with Gasteiger partial charge in [-0.3, -0.25) is 0 Å². The molecule has 2 amide bonds. The number of rotatable bonds is 7. The molecule has 1 saturated heterocycles. The maximum atomic E-state index is 13.2. The highest BCUT2D eigenvalue weighted by Gasteiger charge is 2.57. The van der Waals surface area contributed by atoms with Crippen LogP contribution in [0.15, 0.2) is 29.2 Å². The minimum atomic E-state index is -4.15. The number of nitrogens with one attached hydrogen (secondary N) is 2. The van der Waals surface area contributed by atoms with Crippen LogP contribution in [0.2, 0.25) is 6.32 Å². The molecule has 8 nitrogen and oxygen atoms in total. The van der Waals surface area contributed by atoms with Gasteiger partial charge in [0.05, 0.1) is 16.6 Å². The number of phenols is 1. The second-order valence-corrected chi connectivity index (χ2v) is 15.3. The number of anilines is 1. The first-order valence-corrected chi connectivity index (χ1v) is 17.0. The van der Waals surface area contributed by atoms with Crippen molar-refractivity contribution in [3.05, 3.63) is 52.1 Å². The monoisotopic (exact) mass is 594 g/mol. The second-order valence-electron chi connectivity index (χ2n) is 13.6. The molecular weight excluding hydrogens is 551 g/mol. The van der Waals surface area contributed by atoms with Crippen LogP contribution in [0.25, 0.3) is 0 Å². The summed E-state index contributed by atoms with van der Waals surface area (Å²) in [7, 11) is -4.47. The maximum Gasteiger partial charge on any atom is 0.457 e. The molecule has 6 rings (SSSR count). The van der Waals surface area contributed by atoms with Gasteiger partial charge in [-0.25, -0.2) is 17.9 Å². The van der Waals surface area contributed by atoms with E-state index in [9.17, 15) is 18.3 Å². The molecule has 1 heterocycles. The van der Waals surface area contributed by atoms with E-state index in [0.29, 0.717) is 30.6 Å². The molecular formula is C32H43BN2O6S. The Kier molecular flexibility index (Phi) is 7.63. The predicted molar refractivity (Wildman–Crippen MR) is 163 cm³/mol. The Balaban J connectivity index is 1.09. The number of fused-ring (bicyclic) bond motifs is 3. The van der Waals surface area contributed by atoms with Gasteiger partial charge < -0.3 is 19.7 Å². The summed E-state index contributed by atoms with van der Waals surface area (Å²) >= 11 is 0. The van der Waals surface area contributed by atoms with E-state index in [0.717, 1.165) is 68.2 Å². The fraction of sp³-hybridized carbons (Fsp3) is 0.594. The standard InChI is InChI=1S/C32H43BN2O6S/c1-20-31(2,3)16-15-28-32(20,4)41-33(40-28)17-7-10-23-19-24(13-14-27(23)36)42(38,39)35-30(37)34-29-25-11-5-8-21(25)18-22-9-6-12-26(22)29/h13-14,18-20,28,36H,5-12,15-17H2,1-4H3,(H2,34,35,37)/t20-,28+,32-/m0/s1. The minimum absolute atomic E-state index is 0.0260. The molecule has 226 valence electrons. The summed E-state index contributed by atoms with van der Waals surface area (Å²) < 4.78 is 41.4. The molecule has 3 atom stereocenters. The van der Waals surface area contributed by atoms with Gasteiger partial charge in [0.25, 0.3) is 10.0 Å². The van der Waals surface area contributed by atoms with E-state index in [1.54, 1.807) is 0 Å². The number of amides is 2. The average Bonchev–Trinajstić information content (AvgIpc) is 3.66. The maximum absolute atomic E-state index is 13.2. The lowest BCUT2D eigenvalue weighted by molar-refractivity contribution is -0.0836. The zero-order chi connectivity index (χ0) is 29.9. The van der Waals surface area contributed by atoms with Crippen molar-refractivity contribution in [3.8, 4) is 5.75 Å². The predicted octanol–water partition coefficient (Wildman–Crippen LogP) is 5.93. The zero-order valence-electron chi connectivity index (χ0n) is 25.2. The Morgan fingerprint density at radius 3 is 2.45 bits per heavy atom. The van der Waals surface area contributed by atoms with Gasteiger partial charge in [0.15, 0.2) is 0 Å². The van der Waals surface area contributed by atoms with Crippen molar-refractivity contribution in [2.24, 2.45) is 11.3 Å². The van der Waals surface area contributed by atoms with Crippen molar-refractivity contribution < 1.29 is 27.6 Å². The lowest BCUT2D eigenvalue weighted by Crippen LogP contribution is -2.52. The van der Waals surface area contributed by atoms with Gasteiger partial charge in [-0.05, 0) is 128 Å². The Morgan fingerprint density at radius 1 is 1.07 bits per heavy atom. The first kappa shape index (κ1) is 29.5. The van der Waals surface area contributed by atoms with Gasteiger partial charge in [0, 0.05) is 5.69 Å². The van der Waals surface area contributed by atoms with Crippen LogP contribution in [-0.2, 0) is 51.4 Å². The third kappa shape index (κ3) is 5.35. The van der Waals surface area contributed by atoms with Gasteiger partial charge in [-0.1, -0.05) is 33.3 Å². The van der Waals surface area contributed by atoms with Crippen LogP contribution in [-0.4, -0.2) is 38.4 Å². The van der Waals surface area contributed by atoms with E-state index in [1.165, 1.54) is 29.3 Å². The molecule has 10 heteroatoms. The molecule has 3 aliphatic carbocycles. The zero-order valence-corrected chi connectivity index (χ0v) is 26.0. The number of sulfonamides is 1. The number of carbonyl (C=O) groups excluding carboxylic acids is 1. The number of urea groups is 1. The number of phenolic OH excluding ortho intramolecular Hbond substituents is 1. The summed E-state index contributed by atoms with van der Waals surface area (Å²) in [6, 6.07) is 5.65. The summed E-state index contributed by atoms with van der Waals surface area (Å²) in [5.41, 5.74) is 5.96. The summed E-state index contributed by atoms with van der Waals surface area (Å²) in [4.78, 5) is 12.9. The van der Waals surface area contributed by atoms with Crippen LogP contribution in [0.1, 0.15) is 87.6 Å². The van der Waals surface area contributed by atoms with Gasteiger partial charge >= 0.3 is 13.1 Å². The largest absolute Gasteiger partial charge is 0.508 e. The number of hydrogen-bond acceptors (Lipinski definition) is 6. The average molecular weight is 595 g/mol. The van der Waals surface area contributed by atoms with Gasteiger partial charge in [0.1, 0.15) is 5.75 Å². The van der Waals surface area contributed by atoms with E-state index >= 15 is 0 Å². The normalized spacial score (nSPS) is 26.0. The summed E-state index contributed by atoms with van der Waals surface area (Å²) in [6.45, 7) is 8.98. The van der Waals surface area contributed by atoms with Crippen LogP contribution in [0.4, 0.5) is 10.5 Å². The summed E-state index contributed by atoms with van der Waals surface area (Å²) in [5.74, 6) is 0.381. The number of carbonyl (C=O) groups is 1. The van der Waals surface area contributed by atoms with Crippen LogP contribution in [0, 0.1) is 11.3 Å². The van der Waals surface area contributed by atoms with Gasteiger partial charge in [-0.2, -0.15) is 0 Å². The quantitative estimate of drug-likeness (QED) is 0.343. The lowest BCUT2D eigenvalue weighted by Gasteiger charge is -2.49. The van der Waals surface area contributed by atoms with Crippen molar-refractivity contribution >= 4 is 28.9 Å². The van der Waals surface area contributed by atoms with Crippen molar-refractivity contribution in [2.75, 3.05) is 5.32 Å². The molecule has 1 saturated carbocycles. The van der Waals surface area contributed by atoms with E-state index < -0.39 is 16.1 Å². The first-order valence-electron chi connectivity index (χ1n) is 15.5. The molecule has 0 spiro atoms. The molecule has 0 bridgehead atoms. The van der Waals surface area contributed by atoms with Gasteiger partial charge in [-0.15, -0.1) is 0 Å². The molecule has 2 fully saturated rings. The van der Waals surface area contributed by atoms with Crippen LogP contribution in [0.3, 0.4) is 0 Å². The van der Waals surface area contributed by atoms with Crippen molar-refractivity contribution in [1.29, 1.82) is 0 Å². The fourth-order valence-corrected chi connectivity index (χ4v) is 8.70. The smallest absolute Gasteiger partial charge is 0.457 e. The Morgan fingerprint density at radius 2 is 1.76 bits per heavy atom. The molecule has 0 radical (unpaired) electrons. The van der Waals surface area contributed by atoms with Crippen molar-refractivity contribution in [1.82, 2.24) is 4.72 Å². The van der Waals surface area contributed by atoms with E-state index in [4.69, 9.17) is 9.31 Å². The molecule has 0 aromatic heterocycles. The highest BCUT2D eigenvalue weighted by Crippen LogP contribution is 2.52. The van der Waals surface area contributed by atoms with Crippen LogP contribution < -0.4 is 10.0 Å². The van der Waals surface area contributed by atoms with Crippen LogP contribution >= 0.6 is 0 Å². The van der Waals surface area contributed by atoms with Gasteiger partial charge in [0.2, 0.25) is 0 Å². The van der Waals surface area contributed by atoms with E-state index in [1.807, 2.05) is 0 Å². The SMILES string of the molecule is C[C@H]1C(C)(C)CC[C@H]2OB(CCCc3cc(S(=O)(=O)NC(=O)Nc4c5c(cc6c4CCC6)CCC5)ccc3O)O[C@]21C. The molecule has 1 aliphatic heterocycles. The second kappa shape index (κ2) is 10.9. The van der Waals surface area contributed by atoms with Crippen LogP contribution in [0.5, 0.6) is 5.75 Å². The van der Waals surface area contributed by atoms with Crippen molar-refractivity contribution in [3.63, 3.8) is 0 Å². The third-order valence-corrected chi connectivity index (χ3v) is 11.9. The van der Waals surface area contributed by atoms with E-state index in [2.05, 4.69) is 43.8 Å². The Labute approximate surface area is 250 Å². The van der Waals surface area contributed by atoms with E-state index in [-0.39, 0.29) is 34.9 Å². The highest BCUT2D eigenvalue weighted by atomic mass is 32.2. The Bertz CT molecular complexity index is 1480. The summed E-state index contributed by atoms with van der Waals surface area (Å²) in [6.07, 6.45) is 9.73. The third-order valence-electron chi connectivity index (χ3n) is 10.6. The summed E-state index contributed by atoms with van der Waals surface area (Å²) in [5, 5.41) is 13.4. The molecule has 0 unspecified atom stereocenters. The molecule has 3 N–H and O–H groups in total. The minimum Gasteiger partial charge on any atom is -0.508 e. The number of hydrogen-bond donors (Lipinski definition) is 3. The lowest BCUT2D eigenvalue weighted by atomic mass is 9.61.